The van der Waals surface area contributed by atoms with E-state index in [1.54, 1.807) is 0 Å². The number of nitrogens with one attached hydrogen (secondary N) is 2. The summed E-state index contributed by atoms with van der Waals surface area (Å²) in [6, 6.07) is 0.549. The molecule has 1 saturated heterocycles. The van der Waals surface area contributed by atoms with E-state index in [0.717, 1.165) is 38.6 Å². The van der Waals surface area contributed by atoms with Gasteiger partial charge in [-0.3, -0.25) is 4.79 Å². The number of hydrogen-bond acceptors (Lipinski definition) is 2. The van der Waals surface area contributed by atoms with E-state index in [1.165, 1.54) is 6.42 Å². The second kappa shape index (κ2) is 5.31. The lowest BCUT2D eigenvalue weighted by Gasteiger charge is -2.24. The Hall–Kier alpha value is -0.830. The predicted octanol–water partition coefficient (Wildman–Crippen LogP) is 1.35. The van der Waals surface area contributed by atoms with Gasteiger partial charge in [-0.05, 0) is 38.5 Å². The first-order valence-electron chi connectivity index (χ1n) is 6.05. The molecule has 0 aromatic carbocycles. The van der Waals surface area contributed by atoms with Gasteiger partial charge in [-0.2, -0.15) is 0 Å². The van der Waals surface area contributed by atoms with E-state index in [1.807, 2.05) is 0 Å². The summed E-state index contributed by atoms with van der Waals surface area (Å²) < 4.78 is 0. The summed E-state index contributed by atoms with van der Waals surface area (Å²) in [4.78, 5) is 11.7. The number of hydrogen-bond donors (Lipinski definition) is 2. The molecule has 0 radical (unpaired) electrons. The molecule has 0 saturated carbocycles. The van der Waals surface area contributed by atoms with Gasteiger partial charge in [0.2, 0.25) is 5.91 Å². The van der Waals surface area contributed by atoms with E-state index in [-0.39, 0.29) is 11.9 Å². The Balaban J connectivity index is 1.85. The first kappa shape index (κ1) is 10.7. The normalized spacial score (nSPS) is 32.1. The van der Waals surface area contributed by atoms with Crippen LogP contribution in [0.5, 0.6) is 0 Å². The van der Waals surface area contributed by atoms with Crippen molar-refractivity contribution in [3.05, 3.63) is 12.2 Å². The van der Waals surface area contributed by atoms with Crippen LogP contribution in [0.15, 0.2) is 12.2 Å². The van der Waals surface area contributed by atoms with Gasteiger partial charge in [0.15, 0.2) is 0 Å². The molecule has 2 rings (SSSR count). The standard InChI is InChI=1S/C12H20N2O/c15-12-11(8-4-5-9-13-12)14-10-6-2-1-3-7-10/h1-2,10-11,14H,3-9H2,(H,13,15). The molecule has 84 valence electrons. The molecule has 1 aliphatic carbocycles. The lowest BCUT2D eigenvalue weighted by atomic mass is 10.00. The van der Waals surface area contributed by atoms with Crippen molar-refractivity contribution < 1.29 is 4.79 Å². The molecule has 0 aromatic heterocycles. The third-order valence-corrected chi connectivity index (χ3v) is 3.24. The zero-order valence-corrected chi connectivity index (χ0v) is 9.17. The molecular weight excluding hydrogens is 188 g/mol. The molecule has 1 amide bonds. The Morgan fingerprint density at radius 1 is 1.27 bits per heavy atom. The lowest BCUT2D eigenvalue weighted by Crippen LogP contribution is -2.47. The Kier molecular flexibility index (Phi) is 3.78. The van der Waals surface area contributed by atoms with Crippen LogP contribution in [0.1, 0.15) is 38.5 Å². The number of carbonyl (C=O) groups is 1. The van der Waals surface area contributed by atoms with E-state index in [4.69, 9.17) is 0 Å². The topological polar surface area (TPSA) is 41.1 Å². The average Bonchev–Trinajstić information content (AvgIpc) is 2.46. The molecule has 15 heavy (non-hydrogen) atoms. The Bertz CT molecular complexity index is 250. The van der Waals surface area contributed by atoms with Crippen molar-refractivity contribution in [2.24, 2.45) is 0 Å². The summed E-state index contributed by atoms with van der Waals surface area (Å²) in [5.74, 6) is 0.196. The Morgan fingerprint density at radius 2 is 2.20 bits per heavy atom. The van der Waals surface area contributed by atoms with Crippen LogP contribution in [-0.2, 0) is 4.79 Å². The van der Waals surface area contributed by atoms with Gasteiger partial charge in [-0.15, -0.1) is 0 Å². The van der Waals surface area contributed by atoms with Crippen LogP contribution in [0.25, 0.3) is 0 Å². The van der Waals surface area contributed by atoms with Gasteiger partial charge in [0.1, 0.15) is 0 Å². The van der Waals surface area contributed by atoms with Crippen molar-refractivity contribution in [2.75, 3.05) is 6.54 Å². The van der Waals surface area contributed by atoms with Crippen molar-refractivity contribution in [1.82, 2.24) is 10.6 Å². The molecule has 0 aromatic rings. The van der Waals surface area contributed by atoms with Gasteiger partial charge in [-0.1, -0.05) is 12.2 Å². The summed E-state index contributed by atoms with van der Waals surface area (Å²) >= 11 is 0. The Morgan fingerprint density at radius 3 is 3.00 bits per heavy atom. The smallest absolute Gasteiger partial charge is 0.237 e. The highest BCUT2D eigenvalue weighted by atomic mass is 16.2. The fraction of sp³-hybridized carbons (Fsp3) is 0.750. The summed E-state index contributed by atoms with van der Waals surface area (Å²) in [5.41, 5.74) is 0. The molecule has 1 heterocycles. The monoisotopic (exact) mass is 208 g/mol. The minimum Gasteiger partial charge on any atom is -0.355 e. The van der Waals surface area contributed by atoms with Crippen molar-refractivity contribution in [2.45, 2.75) is 50.6 Å². The molecule has 3 heteroatoms. The van der Waals surface area contributed by atoms with E-state index >= 15 is 0 Å². The first-order chi connectivity index (χ1) is 7.36. The molecule has 2 N–H and O–H groups in total. The minimum absolute atomic E-state index is 0.0454. The van der Waals surface area contributed by atoms with Gasteiger partial charge in [-0.25, -0.2) is 0 Å². The number of allylic oxidation sites excluding steroid dienone is 1. The molecule has 0 bridgehead atoms. The molecule has 2 atom stereocenters. The van der Waals surface area contributed by atoms with E-state index in [0.29, 0.717) is 6.04 Å². The fourth-order valence-electron chi connectivity index (χ4n) is 2.33. The highest BCUT2D eigenvalue weighted by molar-refractivity contribution is 5.81. The largest absolute Gasteiger partial charge is 0.355 e. The van der Waals surface area contributed by atoms with Crippen molar-refractivity contribution in [3.8, 4) is 0 Å². The van der Waals surface area contributed by atoms with E-state index in [9.17, 15) is 4.79 Å². The van der Waals surface area contributed by atoms with Crippen LogP contribution in [-0.4, -0.2) is 24.5 Å². The van der Waals surface area contributed by atoms with Crippen LogP contribution in [0.4, 0.5) is 0 Å². The molecule has 2 aliphatic rings. The molecule has 1 aliphatic heterocycles. The summed E-state index contributed by atoms with van der Waals surface area (Å²) in [6.45, 7) is 0.849. The Labute approximate surface area is 91.3 Å². The highest BCUT2D eigenvalue weighted by Gasteiger charge is 2.23. The van der Waals surface area contributed by atoms with Gasteiger partial charge in [0.25, 0.3) is 0 Å². The summed E-state index contributed by atoms with van der Waals surface area (Å²) in [6.07, 6.45) is 11.1. The zero-order chi connectivity index (χ0) is 10.5. The number of rotatable bonds is 2. The number of carbonyl (C=O) groups excluding carboxylic acids is 1. The predicted molar refractivity (Wildman–Crippen MR) is 60.6 cm³/mol. The number of amides is 1. The molecule has 1 fully saturated rings. The fourth-order valence-corrected chi connectivity index (χ4v) is 2.33. The van der Waals surface area contributed by atoms with Crippen molar-refractivity contribution in [3.63, 3.8) is 0 Å². The maximum atomic E-state index is 11.7. The maximum absolute atomic E-state index is 11.7. The van der Waals surface area contributed by atoms with Crippen molar-refractivity contribution in [1.29, 1.82) is 0 Å². The first-order valence-corrected chi connectivity index (χ1v) is 6.05. The van der Waals surface area contributed by atoms with Gasteiger partial charge >= 0.3 is 0 Å². The van der Waals surface area contributed by atoms with Crippen LogP contribution in [0.2, 0.25) is 0 Å². The van der Waals surface area contributed by atoms with Gasteiger partial charge < -0.3 is 10.6 Å². The minimum atomic E-state index is 0.0454. The maximum Gasteiger partial charge on any atom is 0.237 e. The summed E-state index contributed by atoms with van der Waals surface area (Å²) in [7, 11) is 0. The van der Waals surface area contributed by atoms with Gasteiger partial charge in [0.05, 0.1) is 6.04 Å². The molecule has 2 unspecified atom stereocenters. The second-order valence-electron chi connectivity index (χ2n) is 4.49. The summed E-state index contributed by atoms with van der Waals surface area (Å²) in [5, 5.41) is 6.45. The van der Waals surface area contributed by atoms with Crippen molar-refractivity contribution >= 4 is 5.91 Å². The van der Waals surface area contributed by atoms with Crippen LogP contribution in [0.3, 0.4) is 0 Å². The third-order valence-electron chi connectivity index (χ3n) is 3.24. The van der Waals surface area contributed by atoms with Gasteiger partial charge in [0, 0.05) is 12.6 Å². The molecule has 0 spiro atoms. The zero-order valence-electron chi connectivity index (χ0n) is 9.17. The van der Waals surface area contributed by atoms with E-state index in [2.05, 4.69) is 22.8 Å². The average molecular weight is 208 g/mol. The third kappa shape index (κ3) is 3.06. The van der Waals surface area contributed by atoms with Crippen LogP contribution >= 0.6 is 0 Å². The SMILES string of the molecule is O=C1NCCCCC1NC1CC=CCC1. The lowest BCUT2D eigenvalue weighted by molar-refractivity contribution is -0.123. The van der Waals surface area contributed by atoms with Crippen LogP contribution in [0, 0.1) is 0 Å². The molecule has 3 nitrogen and oxygen atoms in total. The molecular formula is C12H20N2O. The second-order valence-corrected chi connectivity index (χ2v) is 4.49. The quantitative estimate of drug-likeness (QED) is 0.673. The highest BCUT2D eigenvalue weighted by Crippen LogP contribution is 2.13. The van der Waals surface area contributed by atoms with E-state index < -0.39 is 0 Å². The van der Waals surface area contributed by atoms with Crippen LogP contribution < -0.4 is 10.6 Å².